The van der Waals surface area contributed by atoms with E-state index in [-0.39, 0.29) is 17.9 Å². The molecule has 1 atom stereocenters. The van der Waals surface area contributed by atoms with Gasteiger partial charge >= 0.3 is 0 Å². The third-order valence-corrected chi connectivity index (χ3v) is 3.03. The number of piperazine rings is 1. The van der Waals surface area contributed by atoms with E-state index in [0.29, 0.717) is 0 Å². The molecule has 1 N–H and O–H groups in total. The molecule has 1 aromatic heterocycles. The second-order valence-corrected chi connectivity index (χ2v) is 4.64. The summed E-state index contributed by atoms with van der Waals surface area (Å²) in [6.45, 7) is 7.36. The van der Waals surface area contributed by atoms with Crippen LogP contribution in [0.5, 0.6) is 0 Å². The summed E-state index contributed by atoms with van der Waals surface area (Å²) in [5.74, 6) is 0.353. The summed E-state index contributed by atoms with van der Waals surface area (Å²) >= 11 is 0. The van der Waals surface area contributed by atoms with Gasteiger partial charge in [-0.2, -0.15) is 5.10 Å². The monoisotopic (exact) mass is 237 g/mol. The quantitative estimate of drug-likeness (QED) is 0.798. The molecular formula is C11H19N5O. The molecule has 0 aromatic carbocycles. The van der Waals surface area contributed by atoms with E-state index in [1.165, 1.54) is 6.33 Å². The fourth-order valence-electron chi connectivity index (χ4n) is 2.14. The van der Waals surface area contributed by atoms with Crippen molar-refractivity contribution in [1.29, 1.82) is 0 Å². The van der Waals surface area contributed by atoms with Crippen molar-refractivity contribution >= 4 is 5.91 Å². The highest BCUT2D eigenvalue weighted by Gasteiger charge is 2.29. The maximum Gasteiger partial charge on any atom is 0.247 e. The number of nitrogens with zero attached hydrogens (tertiary/aromatic N) is 4. The Hall–Kier alpha value is -1.43. The van der Waals surface area contributed by atoms with Gasteiger partial charge in [-0.3, -0.25) is 4.79 Å². The average Bonchev–Trinajstić information content (AvgIpc) is 2.83. The van der Waals surface area contributed by atoms with Crippen LogP contribution >= 0.6 is 0 Å². The highest BCUT2D eigenvalue weighted by atomic mass is 16.2. The first-order chi connectivity index (χ1) is 8.20. The molecule has 1 aliphatic rings. The lowest BCUT2D eigenvalue weighted by Gasteiger charge is -2.32. The van der Waals surface area contributed by atoms with Gasteiger partial charge in [0.25, 0.3) is 0 Å². The van der Waals surface area contributed by atoms with Crippen molar-refractivity contribution in [2.75, 3.05) is 26.2 Å². The number of nitrogens with one attached hydrogen (secondary N) is 1. The molecule has 1 unspecified atom stereocenters. The minimum Gasteiger partial charge on any atom is -0.338 e. The Morgan fingerprint density at radius 3 is 2.59 bits per heavy atom. The maximum absolute atomic E-state index is 12.4. The predicted octanol–water partition coefficient (Wildman–Crippen LogP) is -0.0930. The fourth-order valence-corrected chi connectivity index (χ4v) is 2.14. The molecule has 0 aliphatic carbocycles. The Bertz CT molecular complexity index is 356. The molecule has 2 rings (SSSR count). The van der Waals surface area contributed by atoms with Crippen LogP contribution in [-0.2, 0) is 4.79 Å². The van der Waals surface area contributed by atoms with Gasteiger partial charge in [0, 0.05) is 26.2 Å². The van der Waals surface area contributed by atoms with Crippen LogP contribution in [0.25, 0.3) is 0 Å². The van der Waals surface area contributed by atoms with Crippen molar-refractivity contribution in [2.45, 2.75) is 19.9 Å². The zero-order chi connectivity index (χ0) is 12.3. The summed E-state index contributed by atoms with van der Waals surface area (Å²) < 4.78 is 1.66. The summed E-state index contributed by atoms with van der Waals surface area (Å²) in [6, 6.07) is -0.240. The number of aromatic nitrogens is 3. The minimum absolute atomic E-state index is 0.145. The van der Waals surface area contributed by atoms with Gasteiger partial charge < -0.3 is 10.2 Å². The van der Waals surface area contributed by atoms with Gasteiger partial charge in [-0.05, 0) is 5.92 Å². The number of carbonyl (C=O) groups is 1. The van der Waals surface area contributed by atoms with Crippen LogP contribution in [0, 0.1) is 5.92 Å². The van der Waals surface area contributed by atoms with Crippen LogP contribution in [0.15, 0.2) is 12.7 Å². The SMILES string of the molecule is CC(C)C(C(=O)N1CCNCC1)n1cncn1. The summed E-state index contributed by atoms with van der Waals surface area (Å²) in [5, 5.41) is 7.34. The molecule has 1 aliphatic heterocycles. The van der Waals surface area contributed by atoms with Crippen LogP contribution in [0.4, 0.5) is 0 Å². The third kappa shape index (κ3) is 2.63. The minimum atomic E-state index is -0.240. The first kappa shape index (κ1) is 12.0. The molecule has 1 amide bonds. The lowest BCUT2D eigenvalue weighted by Crippen LogP contribution is -2.49. The van der Waals surface area contributed by atoms with E-state index in [2.05, 4.69) is 15.4 Å². The highest BCUT2D eigenvalue weighted by molar-refractivity contribution is 5.80. The first-order valence-corrected chi connectivity index (χ1v) is 6.03. The van der Waals surface area contributed by atoms with Crippen LogP contribution < -0.4 is 5.32 Å². The van der Waals surface area contributed by atoms with E-state index in [0.717, 1.165) is 26.2 Å². The molecule has 2 heterocycles. The maximum atomic E-state index is 12.4. The standard InChI is InChI=1S/C11H19N5O/c1-9(2)10(16-8-13-7-14-16)11(17)15-5-3-12-4-6-15/h7-10,12H,3-6H2,1-2H3. The fraction of sp³-hybridized carbons (Fsp3) is 0.727. The number of hydrogen-bond acceptors (Lipinski definition) is 4. The molecule has 1 saturated heterocycles. The van der Waals surface area contributed by atoms with Crippen LogP contribution in [0.2, 0.25) is 0 Å². The Morgan fingerprint density at radius 2 is 2.06 bits per heavy atom. The Morgan fingerprint density at radius 1 is 1.35 bits per heavy atom. The normalized spacial score (nSPS) is 18.4. The summed E-state index contributed by atoms with van der Waals surface area (Å²) in [7, 11) is 0. The van der Waals surface area contributed by atoms with Crippen molar-refractivity contribution in [3.8, 4) is 0 Å². The number of rotatable bonds is 3. The molecule has 6 heteroatoms. The lowest BCUT2D eigenvalue weighted by molar-refractivity contribution is -0.137. The van der Waals surface area contributed by atoms with Crippen molar-refractivity contribution in [2.24, 2.45) is 5.92 Å². The Kier molecular flexibility index (Phi) is 3.73. The van der Waals surface area contributed by atoms with Crippen molar-refractivity contribution in [3.05, 3.63) is 12.7 Å². The molecular weight excluding hydrogens is 218 g/mol. The number of carbonyl (C=O) groups excluding carboxylic acids is 1. The van der Waals surface area contributed by atoms with Gasteiger partial charge in [-0.25, -0.2) is 9.67 Å². The van der Waals surface area contributed by atoms with E-state index < -0.39 is 0 Å². The zero-order valence-corrected chi connectivity index (χ0v) is 10.3. The second-order valence-electron chi connectivity index (χ2n) is 4.64. The molecule has 0 spiro atoms. The van der Waals surface area contributed by atoms with Gasteiger partial charge in [0.2, 0.25) is 5.91 Å². The lowest BCUT2D eigenvalue weighted by atomic mass is 10.0. The molecule has 6 nitrogen and oxygen atoms in total. The molecule has 0 saturated carbocycles. The van der Waals surface area contributed by atoms with E-state index in [4.69, 9.17) is 0 Å². The number of amides is 1. The molecule has 0 radical (unpaired) electrons. The molecule has 1 aromatic rings. The summed E-state index contributed by atoms with van der Waals surface area (Å²) in [5.41, 5.74) is 0. The van der Waals surface area contributed by atoms with Gasteiger partial charge in [0.05, 0.1) is 0 Å². The Labute approximate surface area is 101 Å². The molecule has 17 heavy (non-hydrogen) atoms. The van der Waals surface area contributed by atoms with Gasteiger partial charge in [0.15, 0.2) is 0 Å². The zero-order valence-electron chi connectivity index (χ0n) is 10.3. The van der Waals surface area contributed by atoms with Crippen LogP contribution in [0.3, 0.4) is 0 Å². The summed E-state index contributed by atoms with van der Waals surface area (Å²) in [6.07, 6.45) is 3.09. The highest BCUT2D eigenvalue weighted by Crippen LogP contribution is 2.19. The van der Waals surface area contributed by atoms with Gasteiger partial charge in [-0.1, -0.05) is 13.8 Å². The molecule has 0 bridgehead atoms. The van der Waals surface area contributed by atoms with E-state index in [9.17, 15) is 4.79 Å². The summed E-state index contributed by atoms with van der Waals surface area (Å²) in [4.78, 5) is 18.3. The third-order valence-electron chi connectivity index (χ3n) is 3.03. The largest absolute Gasteiger partial charge is 0.338 e. The van der Waals surface area contributed by atoms with Crippen LogP contribution in [0.1, 0.15) is 19.9 Å². The van der Waals surface area contributed by atoms with Crippen molar-refractivity contribution in [1.82, 2.24) is 25.0 Å². The van der Waals surface area contributed by atoms with Crippen LogP contribution in [-0.4, -0.2) is 51.8 Å². The first-order valence-electron chi connectivity index (χ1n) is 6.03. The smallest absolute Gasteiger partial charge is 0.247 e. The topological polar surface area (TPSA) is 63.1 Å². The average molecular weight is 237 g/mol. The van der Waals surface area contributed by atoms with E-state index in [1.54, 1.807) is 11.0 Å². The van der Waals surface area contributed by atoms with Gasteiger partial charge in [-0.15, -0.1) is 0 Å². The predicted molar refractivity (Wildman–Crippen MR) is 63.3 cm³/mol. The molecule has 1 fully saturated rings. The molecule has 94 valence electrons. The number of hydrogen-bond donors (Lipinski definition) is 1. The second kappa shape index (κ2) is 5.27. The van der Waals surface area contributed by atoms with Crippen molar-refractivity contribution < 1.29 is 4.79 Å². The van der Waals surface area contributed by atoms with Gasteiger partial charge in [0.1, 0.15) is 18.7 Å². The Balaban J connectivity index is 2.13. The van der Waals surface area contributed by atoms with E-state index in [1.807, 2.05) is 18.7 Å². The van der Waals surface area contributed by atoms with E-state index >= 15 is 0 Å². The van der Waals surface area contributed by atoms with Crippen molar-refractivity contribution in [3.63, 3.8) is 0 Å².